The van der Waals surface area contributed by atoms with Gasteiger partial charge in [-0.25, -0.2) is 0 Å². The molecule has 1 aromatic rings. The molecule has 4 heteroatoms. The van der Waals surface area contributed by atoms with Crippen molar-refractivity contribution in [3.63, 3.8) is 0 Å². The Morgan fingerprint density at radius 2 is 2.33 bits per heavy atom. The molecular weight excluding hydrogens is 262 g/mol. The van der Waals surface area contributed by atoms with E-state index in [4.69, 9.17) is 0 Å². The van der Waals surface area contributed by atoms with Crippen molar-refractivity contribution in [1.82, 2.24) is 15.5 Å². The van der Waals surface area contributed by atoms with Gasteiger partial charge >= 0.3 is 0 Å². The van der Waals surface area contributed by atoms with Crippen LogP contribution in [0.3, 0.4) is 0 Å². The van der Waals surface area contributed by atoms with E-state index in [-0.39, 0.29) is 5.91 Å². The third-order valence-electron chi connectivity index (χ3n) is 4.64. The first-order chi connectivity index (χ1) is 10.3. The predicted molar refractivity (Wildman–Crippen MR) is 84.5 cm³/mol. The standard InChI is InChI=1S/C17H25N3O/c1-2-20-9-3-4-16(12-20)19-17(21)14-6-5-13-7-8-18-11-15(13)10-14/h5-6,10,16,18H,2-4,7-9,11-12H2,1H3,(H,19,21). The van der Waals surface area contributed by atoms with Gasteiger partial charge in [0.1, 0.15) is 0 Å². The molecule has 114 valence electrons. The highest BCUT2D eigenvalue weighted by Crippen LogP contribution is 2.17. The van der Waals surface area contributed by atoms with Crippen molar-refractivity contribution in [3.8, 4) is 0 Å². The van der Waals surface area contributed by atoms with Crippen LogP contribution in [0.25, 0.3) is 0 Å². The zero-order valence-electron chi connectivity index (χ0n) is 12.8. The number of hydrogen-bond donors (Lipinski definition) is 2. The number of fused-ring (bicyclic) bond motifs is 1. The van der Waals surface area contributed by atoms with Gasteiger partial charge in [0, 0.05) is 24.7 Å². The molecule has 1 saturated heterocycles. The number of nitrogens with zero attached hydrogens (tertiary/aromatic N) is 1. The van der Waals surface area contributed by atoms with E-state index in [1.165, 1.54) is 17.5 Å². The number of rotatable bonds is 3. The number of benzene rings is 1. The Labute approximate surface area is 126 Å². The molecule has 2 N–H and O–H groups in total. The highest BCUT2D eigenvalue weighted by atomic mass is 16.1. The van der Waals surface area contributed by atoms with Gasteiger partial charge in [-0.1, -0.05) is 13.0 Å². The van der Waals surface area contributed by atoms with Crippen LogP contribution in [0.15, 0.2) is 18.2 Å². The molecule has 1 unspecified atom stereocenters. The van der Waals surface area contributed by atoms with Gasteiger partial charge in [0.15, 0.2) is 0 Å². The van der Waals surface area contributed by atoms with E-state index >= 15 is 0 Å². The number of likely N-dealkylation sites (N-methyl/N-ethyl adjacent to an activating group) is 1. The van der Waals surface area contributed by atoms with Crippen molar-refractivity contribution in [2.75, 3.05) is 26.2 Å². The molecule has 0 saturated carbocycles. The maximum Gasteiger partial charge on any atom is 0.251 e. The lowest BCUT2D eigenvalue weighted by Crippen LogP contribution is -2.47. The zero-order chi connectivity index (χ0) is 14.7. The molecule has 4 nitrogen and oxygen atoms in total. The fraction of sp³-hybridized carbons (Fsp3) is 0.588. The number of amides is 1. The van der Waals surface area contributed by atoms with Crippen LogP contribution >= 0.6 is 0 Å². The van der Waals surface area contributed by atoms with E-state index in [1.54, 1.807) is 0 Å². The van der Waals surface area contributed by atoms with Crippen molar-refractivity contribution < 1.29 is 4.79 Å². The van der Waals surface area contributed by atoms with Gasteiger partial charge in [-0.3, -0.25) is 4.79 Å². The second-order valence-corrected chi connectivity index (χ2v) is 6.12. The summed E-state index contributed by atoms with van der Waals surface area (Å²) in [5.41, 5.74) is 3.44. The second kappa shape index (κ2) is 6.58. The topological polar surface area (TPSA) is 44.4 Å². The number of piperidine rings is 1. The summed E-state index contributed by atoms with van der Waals surface area (Å²) in [6.45, 7) is 7.30. The van der Waals surface area contributed by atoms with E-state index in [0.29, 0.717) is 6.04 Å². The van der Waals surface area contributed by atoms with Gasteiger partial charge in [-0.2, -0.15) is 0 Å². The first-order valence-electron chi connectivity index (χ1n) is 8.12. The highest BCUT2D eigenvalue weighted by Gasteiger charge is 2.21. The second-order valence-electron chi connectivity index (χ2n) is 6.12. The Kier molecular flexibility index (Phi) is 4.56. The van der Waals surface area contributed by atoms with Crippen LogP contribution in [-0.2, 0) is 13.0 Å². The largest absolute Gasteiger partial charge is 0.348 e. The molecule has 1 atom stereocenters. The minimum atomic E-state index is 0.0753. The Morgan fingerprint density at radius 3 is 3.19 bits per heavy atom. The molecule has 0 radical (unpaired) electrons. The normalized spacial score (nSPS) is 22.6. The average molecular weight is 287 g/mol. The summed E-state index contributed by atoms with van der Waals surface area (Å²) in [7, 11) is 0. The number of carbonyl (C=O) groups is 1. The molecule has 0 aromatic heterocycles. The number of hydrogen-bond acceptors (Lipinski definition) is 3. The average Bonchev–Trinajstić information content (AvgIpc) is 2.54. The lowest BCUT2D eigenvalue weighted by molar-refractivity contribution is 0.0905. The van der Waals surface area contributed by atoms with Gasteiger partial charge in [-0.15, -0.1) is 0 Å². The molecule has 1 aromatic carbocycles. The van der Waals surface area contributed by atoms with Crippen LogP contribution in [0.5, 0.6) is 0 Å². The maximum absolute atomic E-state index is 12.4. The summed E-state index contributed by atoms with van der Waals surface area (Å²) in [5.74, 6) is 0.0753. The summed E-state index contributed by atoms with van der Waals surface area (Å²) in [5, 5.41) is 6.57. The van der Waals surface area contributed by atoms with E-state index in [9.17, 15) is 4.79 Å². The molecule has 0 aliphatic carbocycles. The van der Waals surface area contributed by atoms with Crippen LogP contribution in [0.4, 0.5) is 0 Å². The van der Waals surface area contributed by atoms with Crippen LogP contribution < -0.4 is 10.6 Å². The molecule has 2 aliphatic heterocycles. The van der Waals surface area contributed by atoms with Crippen LogP contribution in [0.2, 0.25) is 0 Å². The first kappa shape index (κ1) is 14.5. The molecule has 2 aliphatic rings. The van der Waals surface area contributed by atoms with Crippen molar-refractivity contribution in [1.29, 1.82) is 0 Å². The zero-order valence-corrected chi connectivity index (χ0v) is 12.8. The van der Waals surface area contributed by atoms with E-state index in [2.05, 4.69) is 34.6 Å². The van der Waals surface area contributed by atoms with E-state index < -0.39 is 0 Å². The van der Waals surface area contributed by atoms with E-state index in [0.717, 1.165) is 51.1 Å². The highest BCUT2D eigenvalue weighted by molar-refractivity contribution is 5.94. The minimum absolute atomic E-state index is 0.0753. The fourth-order valence-corrected chi connectivity index (χ4v) is 3.35. The molecule has 0 bridgehead atoms. The summed E-state index contributed by atoms with van der Waals surface area (Å²) >= 11 is 0. The lowest BCUT2D eigenvalue weighted by Gasteiger charge is -2.32. The van der Waals surface area contributed by atoms with Gasteiger partial charge in [0.25, 0.3) is 5.91 Å². The van der Waals surface area contributed by atoms with Gasteiger partial charge in [0.2, 0.25) is 0 Å². The molecule has 21 heavy (non-hydrogen) atoms. The molecule has 1 fully saturated rings. The Morgan fingerprint density at radius 1 is 1.43 bits per heavy atom. The summed E-state index contributed by atoms with van der Waals surface area (Å²) in [6, 6.07) is 6.43. The molecule has 3 rings (SSSR count). The van der Waals surface area contributed by atoms with Crippen LogP contribution in [0, 0.1) is 0 Å². The van der Waals surface area contributed by atoms with Crippen molar-refractivity contribution in [2.45, 2.75) is 38.8 Å². The summed E-state index contributed by atoms with van der Waals surface area (Å²) in [6.07, 6.45) is 3.33. The lowest BCUT2D eigenvalue weighted by atomic mass is 9.98. The minimum Gasteiger partial charge on any atom is -0.348 e. The summed E-state index contributed by atoms with van der Waals surface area (Å²) < 4.78 is 0. The summed E-state index contributed by atoms with van der Waals surface area (Å²) in [4.78, 5) is 14.9. The van der Waals surface area contributed by atoms with Crippen LogP contribution in [0.1, 0.15) is 41.3 Å². The fourth-order valence-electron chi connectivity index (χ4n) is 3.35. The van der Waals surface area contributed by atoms with Crippen molar-refractivity contribution >= 4 is 5.91 Å². The molecular formula is C17H25N3O. The number of carbonyl (C=O) groups excluding carboxylic acids is 1. The SMILES string of the molecule is CCN1CCCC(NC(=O)c2ccc3c(c2)CNCC3)C1. The Hall–Kier alpha value is -1.39. The maximum atomic E-state index is 12.4. The third-order valence-corrected chi connectivity index (χ3v) is 4.64. The third kappa shape index (κ3) is 3.44. The van der Waals surface area contributed by atoms with E-state index in [1.807, 2.05) is 6.07 Å². The predicted octanol–water partition coefficient (Wildman–Crippen LogP) is 1.55. The molecule has 0 spiro atoms. The van der Waals surface area contributed by atoms with Gasteiger partial charge < -0.3 is 15.5 Å². The Balaban J connectivity index is 1.65. The monoisotopic (exact) mass is 287 g/mol. The van der Waals surface area contributed by atoms with Crippen molar-refractivity contribution in [2.24, 2.45) is 0 Å². The number of nitrogens with one attached hydrogen (secondary N) is 2. The van der Waals surface area contributed by atoms with Crippen molar-refractivity contribution in [3.05, 3.63) is 34.9 Å². The van der Waals surface area contributed by atoms with Crippen LogP contribution in [-0.4, -0.2) is 43.0 Å². The smallest absolute Gasteiger partial charge is 0.251 e. The Bertz CT molecular complexity index is 515. The van der Waals surface area contributed by atoms with Gasteiger partial charge in [-0.05, 0) is 62.2 Å². The number of likely N-dealkylation sites (tertiary alicyclic amines) is 1. The quantitative estimate of drug-likeness (QED) is 0.886. The van der Waals surface area contributed by atoms with Gasteiger partial charge in [0.05, 0.1) is 0 Å². The first-order valence-corrected chi connectivity index (χ1v) is 8.12. The molecule has 1 amide bonds. The molecule has 2 heterocycles.